The fourth-order valence-electron chi connectivity index (χ4n) is 3.49. The summed E-state index contributed by atoms with van der Waals surface area (Å²) < 4.78 is 6.67. The molecule has 0 radical (unpaired) electrons. The lowest BCUT2D eigenvalue weighted by Crippen LogP contribution is -2.35. The Labute approximate surface area is 172 Å². The number of ether oxygens (including phenoxy) is 1. The standard InChI is InChI=1S/C22H20BrN3O2/c23-18-13-24-22(25-14-18)28-19-11-12-26(15-19)21(27)20(16-7-3-1-4-8-16)17-9-5-2-6-10-17/h1-10,13-14,19-20H,11-12,15H2/t19-/m0/s1. The highest BCUT2D eigenvalue weighted by molar-refractivity contribution is 9.10. The maximum Gasteiger partial charge on any atom is 0.316 e. The van der Waals surface area contributed by atoms with E-state index in [1.807, 2.05) is 65.6 Å². The quantitative estimate of drug-likeness (QED) is 0.603. The number of rotatable bonds is 5. The Hall–Kier alpha value is -2.73. The van der Waals surface area contributed by atoms with Crippen LogP contribution in [0.25, 0.3) is 0 Å². The van der Waals surface area contributed by atoms with Gasteiger partial charge < -0.3 is 9.64 Å². The van der Waals surface area contributed by atoms with Crippen LogP contribution in [0.2, 0.25) is 0 Å². The maximum absolute atomic E-state index is 13.4. The molecule has 1 amide bonds. The molecule has 2 heterocycles. The highest BCUT2D eigenvalue weighted by Crippen LogP contribution is 2.29. The minimum absolute atomic E-state index is 0.0974. The molecule has 5 nitrogen and oxygen atoms in total. The van der Waals surface area contributed by atoms with Crippen molar-refractivity contribution in [2.45, 2.75) is 18.4 Å². The van der Waals surface area contributed by atoms with Gasteiger partial charge >= 0.3 is 6.01 Å². The molecule has 3 aromatic rings. The van der Waals surface area contributed by atoms with E-state index in [1.165, 1.54) is 0 Å². The molecule has 0 saturated carbocycles. The second-order valence-corrected chi connectivity index (χ2v) is 7.67. The van der Waals surface area contributed by atoms with Gasteiger partial charge in [-0.15, -0.1) is 0 Å². The summed E-state index contributed by atoms with van der Waals surface area (Å²) in [4.78, 5) is 23.6. The third-order valence-corrected chi connectivity index (χ3v) is 5.25. The Morgan fingerprint density at radius 2 is 1.57 bits per heavy atom. The van der Waals surface area contributed by atoms with E-state index in [1.54, 1.807) is 12.4 Å². The summed E-state index contributed by atoms with van der Waals surface area (Å²) in [6, 6.07) is 20.2. The van der Waals surface area contributed by atoms with Crippen LogP contribution in [0.1, 0.15) is 23.5 Å². The number of benzene rings is 2. The number of amides is 1. The molecule has 0 N–H and O–H groups in total. The van der Waals surface area contributed by atoms with Crippen LogP contribution in [-0.2, 0) is 4.79 Å². The Kier molecular flexibility index (Phi) is 5.67. The molecule has 1 aliphatic heterocycles. The summed E-state index contributed by atoms with van der Waals surface area (Å²) in [6.45, 7) is 1.20. The van der Waals surface area contributed by atoms with Crippen LogP contribution in [-0.4, -0.2) is 40.0 Å². The molecule has 142 valence electrons. The molecular weight excluding hydrogens is 418 g/mol. The predicted octanol–water partition coefficient (Wildman–Crippen LogP) is 4.05. The van der Waals surface area contributed by atoms with Gasteiger partial charge in [0.1, 0.15) is 6.10 Å². The largest absolute Gasteiger partial charge is 0.458 e. The van der Waals surface area contributed by atoms with E-state index in [0.29, 0.717) is 19.1 Å². The third-order valence-electron chi connectivity index (χ3n) is 4.84. The van der Waals surface area contributed by atoms with E-state index in [9.17, 15) is 4.79 Å². The number of hydrogen-bond donors (Lipinski definition) is 0. The Morgan fingerprint density at radius 1 is 1.00 bits per heavy atom. The van der Waals surface area contributed by atoms with Crippen molar-refractivity contribution < 1.29 is 9.53 Å². The number of carbonyl (C=O) groups is 1. The molecule has 0 bridgehead atoms. The lowest BCUT2D eigenvalue weighted by atomic mass is 9.90. The van der Waals surface area contributed by atoms with Gasteiger partial charge in [-0.05, 0) is 27.1 Å². The van der Waals surface area contributed by atoms with Gasteiger partial charge in [-0.1, -0.05) is 60.7 Å². The number of nitrogens with zero attached hydrogens (tertiary/aromatic N) is 3. The minimum atomic E-state index is -0.315. The average molecular weight is 438 g/mol. The van der Waals surface area contributed by atoms with Crippen molar-refractivity contribution in [3.8, 4) is 6.01 Å². The molecule has 0 unspecified atom stereocenters. The Morgan fingerprint density at radius 3 is 2.14 bits per heavy atom. The molecule has 6 heteroatoms. The SMILES string of the molecule is O=C(C(c1ccccc1)c1ccccc1)N1CC[C@H](Oc2ncc(Br)cn2)C1. The van der Waals surface area contributed by atoms with E-state index < -0.39 is 0 Å². The molecule has 4 rings (SSSR count). The average Bonchev–Trinajstić information content (AvgIpc) is 3.20. The van der Waals surface area contributed by atoms with E-state index in [2.05, 4.69) is 25.9 Å². The van der Waals surface area contributed by atoms with Crippen LogP contribution >= 0.6 is 15.9 Å². The molecule has 0 aliphatic carbocycles. The lowest BCUT2D eigenvalue weighted by molar-refractivity contribution is -0.131. The molecule has 1 fully saturated rings. The van der Waals surface area contributed by atoms with Crippen LogP contribution in [0.3, 0.4) is 0 Å². The second kappa shape index (κ2) is 8.52. The van der Waals surface area contributed by atoms with Crippen LogP contribution < -0.4 is 4.74 Å². The summed E-state index contributed by atoms with van der Waals surface area (Å²) in [6.07, 6.45) is 3.97. The van der Waals surface area contributed by atoms with Crippen molar-refractivity contribution in [3.05, 3.63) is 88.7 Å². The number of halogens is 1. The van der Waals surface area contributed by atoms with Crippen molar-refractivity contribution in [1.29, 1.82) is 0 Å². The van der Waals surface area contributed by atoms with E-state index >= 15 is 0 Å². The second-order valence-electron chi connectivity index (χ2n) is 6.75. The lowest BCUT2D eigenvalue weighted by Gasteiger charge is -2.24. The van der Waals surface area contributed by atoms with E-state index in [0.717, 1.165) is 22.0 Å². The normalized spacial score (nSPS) is 16.4. The first kappa shape index (κ1) is 18.6. The molecule has 0 spiro atoms. The van der Waals surface area contributed by atoms with Gasteiger partial charge in [-0.25, -0.2) is 9.97 Å². The first-order valence-electron chi connectivity index (χ1n) is 9.23. The highest BCUT2D eigenvalue weighted by Gasteiger charge is 2.33. The number of likely N-dealkylation sites (tertiary alicyclic amines) is 1. The molecule has 1 aliphatic rings. The smallest absolute Gasteiger partial charge is 0.316 e. The summed E-state index contributed by atoms with van der Waals surface area (Å²) in [5.41, 5.74) is 2.00. The van der Waals surface area contributed by atoms with Crippen LogP contribution in [0.15, 0.2) is 77.5 Å². The van der Waals surface area contributed by atoms with E-state index in [-0.39, 0.29) is 17.9 Å². The number of hydrogen-bond acceptors (Lipinski definition) is 4. The van der Waals surface area contributed by atoms with Crippen LogP contribution in [0.5, 0.6) is 6.01 Å². The summed E-state index contributed by atoms with van der Waals surface area (Å²) in [7, 11) is 0. The Bertz CT molecular complexity index is 880. The monoisotopic (exact) mass is 437 g/mol. The first-order valence-corrected chi connectivity index (χ1v) is 10.0. The molecule has 1 aromatic heterocycles. The van der Waals surface area contributed by atoms with Gasteiger partial charge in [0.2, 0.25) is 5.91 Å². The minimum Gasteiger partial charge on any atom is -0.458 e. The topological polar surface area (TPSA) is 55.3 Å². The summed E-state index contributed by atoms with van der Waals surface area (Å²) in [5.74, 6) is -0.217. The van der Waals surface area contributed by atoms with Crippen molar-refractivity contribution in [3.63, 3.8) is 0 Å². The zero-order chi connectivity index (χ0) is 19.3. The summed E-state index contributed by atoms with van der Waals surface area (Å²) in [5, 5.41) is 0. The van der Waals surface area contributed by atoms with Gasteiger partial charge in [-0.3, -0.25) is 4.79 Å². The highest BCUT2D eigenvalue weighted by atomic mass is 79.9. The van der Waals surface area contributed by atoms with Gasteiger partial charge in [-0.2, -0.15) is 0 Å². The van der Waals surface area contributed by atoms with Crippen LogP contribution in [0.4, 0.5) is 0 Å². The zero-order valence-corrected chi connectivity index (χ0v) is 16.8. The molecular formula is C22H20BrN3O2. The molecule has 1 atom stereocenters. The molecule has 2 aromatic carbocycles. The number of carbonyl (C=O) groups excluding carboxylic acids is 1. The Balaban J connectivity index is 1.51. The van der Waals surface area contributed by atoms with Crippen molar-refractivity contribution >= 4 is 21.8 Å². The van der Waals surface area contributed by atoms with Gasteiger partial charge in [0.15, 0.2) is 0 Å². The predicted molar refractivity (Wildman–Crippen MR) is 110 cm³/mol. The van der Waals surface area contributed by atoms with Gasteiger partial charge in [0.25, 0.3) is 0 Å². The first-order chi connectivity index (χ1) is 13.7. The molecule has 28 heavy (non-hydrogen) atoms. The fourth-order valence-corrected chi connectivity index (χ4v) is 3.69. The summed E-state index contributed by atoms with van der Waals surface area (Å²) >= 11 is 3.31. The van der Waals surface area contributed by atoms with Crippen LogP contribution in [0, 0.1) is 0 Å². The van der Waals surface area contributed by atoms with Crippen molar-refractivity contribution in [1.82, 2.24) is 14.9 Å². The van der Waals surface area contributed by atoms with Gasteiger partial charge in [0.05, 0.1) is 16.9 Å². The van der Waals surface area contributed by atoms with Gasteiger partial charge in [0, 0.05) is 25.4 Å². The molecule has 1 saturated heterocycles. The van der Waals surface area contributed by atoms with Crippen molar-refractivity contribution in [2.24, 2.45) is 0 Å². The van der Waals surface area contributed by atoms with Crippen molar-refractivity contribution in [2.75, 3.05) is 13.1 Å². The fraction of sp³-hybridized carbons (Fsp3) is 0.227. The number of aromatic nitrogens is 2. The maximum atomic E-state index is 13.4. The van der Waals surface area contributed by atoms with E-state index in [4.69, 9.17) is 4.74 Å². The third kappa shape index (κ3) is 4.22. The zero-order valence-electron chi connectivity index (χ0n) is 15.2.